The molecule has 23 rings (SSSR count). The molecule has 0 atom stereocenters. The van der Waals surface area contributed by atoms with Crippen LogP contribution in [0.1, 0.15) is 27.7 Å². The van der Waals surface area contributed by atoms with Crippen LogP contribution in [0, 0.1) is 0 Å². The molecule has 0 aliphatic carbocycles. The fraction of sp³-hybridized carbons (Fsp3) is 0.0536. The molecule has 1 saturated heterocycles. The summed E-state index contributed by atoms with van der Waals surface area (Å²) in [6.45, 7) is 8.33. The van der Waals surface area contributed by atoms with Gasteiger partial charge in [0.2, 0.25) is 0 Å². The van der Waals surface area contributed by atoms with E-state index < -0.39 is 7.12 Å². The Labute approximate surface area is 753 Å². The summed E-state index contributed by atoms with van der Waals surface area (Å²) < 4.78 is 17.3. The third-order valence-corrected chi connectivity index (χ3v) is 26.6. The Kier molecular flexibility index (Phi) is 21.6. The molecule has 0 radical (unpaired) electrons. The summed E-state index contributed by atoms with van der Waals surface area (Å²) in [5.41, 5.74) is 25.1. The molecule has 1 aliphatic heterocycles. The lowest BCUT2D eigenvalue weighted by Gasteiger charge is -2.32. The number of halogens is 1. The molecule has 0 saturated carbocycles. The fourth-order valence-corrected chi connectivity index (χ4v) is 19.0. The smallest absolute Gasteiger partial charge is 0.399 e. The van der Waals surface area contributed by atoms with Crippen LogP contribution in [0.3, 0.4) is 0 Å². The molecule has 22 aromatic rings. The van der Waals surface area contributed by atoms with E-state index >= 15 is 0 Å². The van der Waals surface area contributed by atoms with Crippen LogP contribution in [-0.4, -0.2) is 68.2 Å². The molecule has 0 amide bonds. The lowest BCUT2D eigenvalue weighted by Crippen LogP contribution is -2.41. The quantitative estimate of drug-likeness (QED) is 0.0754. The highest BCUT2D eigenvalue weighted by Crippen LogP contribution is 2.45. The van der Waals surface area contributed by atoms with Crippen LogP contribution in [0.15, 0.2) is 401 Å². The van der Waals surface area contributed by atoms with Crippen LogP contribution in [0.2, 0.25) is 5.15 Å². The van der Waals surface area contributed by atoms with E-state index in [4.69, 9.17) is 60.8 Å². The molecule has 610 valence electrons. The minimum Gasteiger partial charge on any atom is -0.399 e. The van der Waals surface area contributed by atoms with Crippen molar-refractivity contribution in [2.75, 3.05) is 0 Å². The maximum Gasteiger partial charge on any atom is 0.494 e. The second kappa shape index (κ2) is 34.5. The number of benzene rings is 14. The van der Waals surface area contributed by atoms with Gasteiger partial charge in [-0.25, -0.2) is 39.9 Å². The molecule has 0 bridgehead atoms. The van der Waals surface area contributed by atoms with Gasteiger partial charge in [0.1, 0.15) is 5.15 Å². The number of hydrogen-bond acceptors (Lipinski definition) is 14. The van der Waals surface area contributed by atoms with E-state index in [-0.39, 0.29) is 11.2 Å². The van der Waals surface area contributed by atoms with Crippen molar-refractivity contribution in [2.24, 2.45) is 0 Å². The van der Waals surface area contributed by atoms with E-state index in [1.54, 1.807) is 28.9 Å². The minimum absolute atomic E-state index is 0.389. The van der Waals surface area contributed by atoms with Gasteiger partial charge in [-0.2, -0.15) is 0 Å². The van der Waals surface area contributed by atoms with Crippen LogP contribution >= 0.6 is 34.3 Å². The first-order valence-electron chi connectivity index (χ1n) is 42.5. The van der Waals surface area contributed by atoms with E-state index in [9.17, 15) is 0 Å². The molecule has 16 heteroatoms. The molecule has 0 N–H and O–H groups in total. The van der Waals surface area contributed by atoms with Crippen molar-refractivity contribution in [3.63, 3.8) is 0 Å². The van der Waals surface area contributed by atoms with Gasteiger partial charge < -0.3 is 9.31 Å². The predicted molar refractivity (Wildman–Crippen MR) is 529 cm³/mol. The third kappa shape index (κ3) is 16.2. The Morgan fingerprint density at radius 3 is 0.938 bits per heavy atom. The first-order valence-corrected chi connectivity index (χ1v) is 44.5. The highest BCUT2D eigenvalue weighted by atomic mass is 35.5. The molecule has 14 aromatic carbocycles. The highest BCUT2D eigenvalue weighted by molar-refractivity contribution is 7.27. The number of fused-ring (bicyclic) bond motifs is 10. The Hall–Kier alpha value is -15.1. The Balaban J connectivity index is 0.000000131. The molecule has 1 fully saturated rings. The van der Waals surface area contributed by atoms with E-state index in [0.717, 1.165) is 143 Å². The van der Waals surface area contributed by atoms with E-state index in [1.165, 1.54) is 36.7 Å². The minimum atomic E-state index is -0.405. The summed E-state index contributed by atoms with van der Waals surface area (Å²) in [5.74, 6) is 3.81. The Bertz CT molecular complexity index is 7870. The monoisotopic (exact) mass is 1700 g/mol. The van der Waals surface area contributed by atoms with Crippen molar-refractivity contribution in [3.8, 4) is 146 Å². The average molecular weight is 1710 g/mol. The SMILES string of the molecule is CC1(C)OB(c2cccc(-c3cccc(-c4ccc(-c5nc(-c6ccccc6)nc(-c6ccc(-c7ccccc7)cc6)n5)cc4)c3)c2)OC1(C)C.Clc1nc2cccnc2c2c1sc1ccccc12.c1ccc(-c2ccc(-c3nc(-c4ccccc4)nc(-c4ccc(-c5cccc(-c6cccc(-c7nc8cccnc8c8c7sc7ccccc78)c6)c5)cc4)n3)cc2)cc1. The number of rotatable bonds is 14. The number of nitrogens with zero attached hydrogens (tertiary/aromatic N) is 10. The fourth-order valence-electron chi connectivity index (χ4n) is 16.4. The summed E-state index contributed by atoms with van der Waals surface area (Å²) in [4.78, 5) is 48.6. The van der Waals surface area contributed by atoms with E-state index in [0.29, 0.717) is 40.1 Å². The zero-order valence-electron chi connectivity index (χ0n) is 70.2. The van der Waals surface area contributed by atoms with Crippen molar-refractivity contribution < 1.29 is 9.31 Å². The van der Waals surface area contributed by atoms with Crippen molar-refractivity contribution in [1.29, 1.82) is 0 Å². The van der Waals surface area contributed by atoms with Crippen LogP contribution in [0.25, 0.3) is 209 Å². The topological polar surface area (TPSA) is 147 Å². The number of hydrogen-bond donors (Lipinski definition) is 0. The van der Waals surface area contributed by atoms with Gasteiger partial charge in [0.05, 0.1) is 48.4 Å². The second-order valence-electron chi connectivity index (χ2n) is 32.6. The summed E-state index contributed by atoms with van der Waals surface area (Å²) in [5, 5.41) is 5.27. The molecule has 0 unspecified atom stereocenters. The molecule has 1 aliphatic rings. The van der Waals surface area contributed by atoms with Crippen LogP contribution < -0.4 is 5.46 Å². The number of thiophene rings is 2. The normalized spacial score (nSPS) is 12.8. The first kappa shape index (κ1) is 80.1. The van der Waals surface area contributed by atoms with Gasteiger partial charge >= 0.3 is 7.12 Å². The van der Waals surface area contributed by atoms with Crippen molar-refractivity contribution >= 4 is 109 Å². The lowest BCUT2D eigenvalue weighted by atomic mass is 9.78. The van der Waals surface area contributed by atoms with Crippen molar-refractivity contribution in [2.45, 2.75) is 38.9 Å². The largest absolute Gasteiger partial charge is 0.494 e. The van der Waals surface area contributed by atoms with E-state index in [2.05, 4.69) is 323 Å². The molecular formula is C112H78BClN10O2S2. The van der Waals surface area contributed by atoms with Crippen LogP contribution in [0.4, 0.5) is 0 Å². The van der Waals surface area contributed by atoms with Crippen LogP contribution in [0.5, 0.6) is 0 Å². The van der Waals surface area contributed by atoms with Crippen molar-refractivity contribution in [1.82, 2.24) is 49.8 Å². The van der Waals surface area contributed by atoms with Gasteiger partial charge in [-0.05, 0) is 155 Å². The average Bonchev–Trinajstić information content (AvgIpc) is 1.59. The summed E-state index contributed by atoms with van der Waals surface area (Å²) in [7, 11) is -0.405. The van der Waals surface area contributed by atoms with Gasteiger partial charge in [-0.1, -0.05) is 345 Å². The molecule has 12 nitrogen and oxygen atoms in total. The molecule has 128 heavy (non-hydrogen) atoms. The van der Waals surface area contributed by atoms with Gasteiger partial charge in [0.15, 0.2) is 34.9 Å². The van der Waals surface area contributed by atoms with E-state index in [1.807, 2.05) is 109 Å². The predicted octanol–water partition coefficient (Wildman–Crippen LogP) is 28.7. The molecule has 0 spiro atoms. The Morgan fingerprint density at radius 2 is 0.531 bits per heavy atom. The van der Waals surface area contributed by atoms with Gasteiger partial charge in [-0.3, -0.25) is 9.97 Å². The Morgan fingerprint density at radius 1 is 0.250 bits per heavy atom. The molecule has 8 aromatic heterocycles. The van der Waals surface area contributed by atoms with Crippen LogP contribution in [-0.2, 0) is 9.31 Å². The zero-order valence-corrected chi connectivity index (χ0v) is 72.6. The third-order valence-electron chi connectivity index (χ3n) is 23.8. The van der Waals surface area contributed by atoms with Gasteiger partial charge in [0.25, 0.3) is 0 Å². The number of pyridine rings is 4. The summed E-state index contributed by atoms with van der Waals surface area (Å²) >= 11 is 9.73. The molecule has 9 heterocycles. The number of aromatic nitrogens is 10. The summed E-state index contributed by atoms with van der Waals surface area (Å²) in [6, 6.07) is 134. The second-order valence-corrected chi connectivity index (χ2v) is 35.0. The highest BCUT2D eigenvalue weighted by Gasteiger charge is 2.52. The maximum atomic E-state index is 6.33. The van der Waals surface area contributed by atoms with Gasteiger partial charge in [-0.15, -0.1) is 22.7 Å². The molecular weight excluding hydrogens is 1630 g/mol. The first-order chi connectivity index (χ1) is 62.8. The standard InChI is InChI=1S/C53H33N5S.C45H38BN3O2.C14H7ClN2S/c1-3-12-34(13-4-1)35-23-27-38(28-24-35)52-56-51(37-14-5-2-6-15-37)57-53(58-52)39-29-25-36(26-30-39)40-16-9-17-41(32-40)42-18-10-19-43(33-42)48-50-47(44-20-7-8-22-46(44)59-50)49-45(55-48)21-11-31-54-49;1-44(2)45(3,4)51-46(50-44)40-20-12-19-39(30-40)38-18-11-17-37(29-38)33-23-27-36(28-24-33)43-48-41(34-15-9-6-10-16-34)47-42(49-43)35-25-21-32(22-26-35)31-13-7-5-8-14-31;15-14-13-11(8-4-1-2-6-10(8)18-13)12-9(17-14)5-3-7-16-12/h1-33H;5-30H,1-4H3;1-7H. The zero-order chi connectivity index (χ0) is 86.2. The van der Waals surface area contributed by atoms with Gasteiger partial charge in [0, 0.05) is 82.3 Å². The lowest BCUT2D eigenvalue weighted by molar-refractivity contribution is 0.00578. The summed E-state index contributed by atoms with van der Waals surface area (Å²) in [6.07, 6.45) is 3.65. The van der Waals surface area contributed by atoms with Crippen molar-refractivity contribution in [3.05, 3.63) is 406 Å². The maximum absolute atomic E-state index is 6.33.